The molecule has 3 rings (SSSR count). The van der Waals surface area contributed by atoms with Crippen LogP contribution in [-0.4, -0.2) is 46.8 Å². The molecule has 4 nitrogen and oxygen atoms in total. The van der Waals surface area contributed by atoms with Crippen LogP contribution in [0.15, 0.2) is 18.2 Å². The average molecular weight is 353 g/mol. The van der Waals surface area contributed by atoms with Crippen molar-refractivity contribution in [2.24, 2.45) is 0 Å². The van der Waals surface area contributed by atoms with Gasteiger partial charge in [0, 0.05) is 32.0 Å². The summed E-state index contributed by atoms with van der Waals surface area (Å²) in [5.41, 5.74) is -0.679. The van der Waals surface area contributed by atoms with Gasteiger partial charge < -0.3 is 14.7 Å². The average Bonchev–Trinajstić information content (AvgIpc) is 2.53. The molecule has 2 heterocycles. The Bertz CT molecular complexity index is 640. The van der Waals surface area contributed by atoms with Crippen molar-refractivity contribution >= 4 is 5.91 Å². The predicted octanol–water partition coefficient (Wildman–Crippen LogP) is 2.82. The van der Waals surface area contributed by atoms with Gasteiger partial charge in [0.05, 0.1) is 17.8 Å². The summed E-state index contributed by atoms with van der Waals surface area (Å²) in [7, 11) is 0. The highest BCUT2D eigenvalue weighted by Gasteiger charge is 2.44. The molecule has 0 aliphatic carbocycles. The van der Waals surface area contributed by atoms with Gasteiger partial charge in [0.15, 0.2) is 0 Å². The normalized spacial score (nSPS) is 26.0. The summed E-state index contributed by atoms with van der Waals surface area (Å²) in [6, 6.07) is 3.44. The van der Waals surface area contributed by atoms with Crippen LogP contribution in [0.3, 0.4) is 0 Å². The lowest BCUT2D eigenvalue weighted by atomic mass is 9.78. The Hall–Kier alpha value is -1.53. The second kappa shape index (κ2) is 7.00. The first-order valence-corrected chi connectivity index (χ1v) is 8.87. The Morgan fingerprint density at radius 3 is 2.64 bits per heavy atom. The molecule has 2 aliphatic rings. The summed E-state index contributed by atoms with van der Waals surface area (Å²) < 4.78 is 32.5. The number of aliphatic hydroxyl groups is 1. The number of ether oxygens (including phenoxy) is 1. The third-order valence-corrected chi connectivity index (χ3v) is 5.40. The standard InChI is InChI=1S/C19H25F2NO3/c1-18(24)8-11-25-19(13-18)6-9-22(10-7-19)17(23)5-3-14-2-4-15(20)12-16(14)21/h2,4,12,24H,3,5-11,13H2,1H3. The molecule has 1 amide bonds. The van der Waals surface area contributed by atoms with Gasteiger partial charge in [-0.1, -0.05) is 6.07 Å². The molecular weight excluding hydrogens is 328 g/mol. The number of carbonyl (C=O) groups is 1. The van der Waals surface area contributed by atoms with Crippen LogP contribution < -0.4 is 0 Å². The second-order valence-electron chi connectivity index (χ2n) is 7.57. The van der Waals surface area contributed by atoms with Gasteiger partial charge in [0.1, 0.15) is 11.6 Å². The fourth-order valence-corrected chi connectivity index (χ4v) is 3.93. The van der Waals surface area contributed by atoms with Crippen LogP contribution in [0, 0.1) is 11.6 Å². The molecule has 1 atom stereocenters. The zero-order chi connectivity index (χ0) is 18.1. The summed E-state index contributed by atoms with van der Waals surface area (Å²) in [6.07, 6.45) is 3.12. The minimum Gasteiger partial charge on any atom is -0.390 e. The maximum absolute atomic E-state index is 13.6. The highest BCUT2D eigenvalue weighted by molar-refractivity contribution is 5.76. The maximum Gasteiger partial charge on any atom is 0.222 e. The van der Waals surface area contributed by atoms with E-state index in [1.54, 1.807) is 4.90 Å². The summed E-state index contributed by atoms with van der Waals surface area (Å²) in [5.74, 6) is -1.25. The van der Waals surface area contributed by atoms with E-state index in [0.29, 0.717) is 50.9 Å². The molecule has 1 N–H and O–H groups in total. The van der Waals surface area contributed by atoms with Crippen molar-refractivity contribution in [2.45, 2.75) is 56.7 Å². The van der Waals surface area contributed by atoms with E-state index in [9.17, 15) is 18.7 Å². The van der Waals surface area contributed by atoms with Gasteiger partial charge in [-0.15, -0.1) is 0 Å². The maximum atomic E-state index is 13.6. The zero-order valence-corrected chi connectivity index (χ0v) is 14.6. The number of nitrogens with zero attached hydrogens (tertiary/aromatic N) is 1. The van der Waals surface area contributed by atoms with Crippen molar-refractivity contribution in [1.29, 1.82) is 0 Å². The second-order valence-corrected chi connectivity index (χ2v) is 7.57. The van der Waals surface area contributed by atoms with E-state index in [-0.39, 0.29) is 24.3 Å². The topological polar surface area (TPSA) is 49.8 Å². The first-order chi connectivity index (χ1) is 11.8. The number of hydrogen-bond acceptors (Lipinski definition) is 3. The molecule has 138 valence electrons. The number of aryl methyl sites for hydroxylation is 1. The summed E-state index contributed by atoms with van der Waals surface area (Å²) in [6.45, 7) is 3.55. The van der Waals surface area contributed by atoms with Gasteiger partial charge in [-0.05, 0) is 44.2 Å². The largest absolute Gasteiger partial charge is 0.390 e. The van der Waals surface area contributed by atoms with Crippen LogP contribution in [0.1, 0.15) is 44.6 Å². The van der Waals surface area contributed by atoms with E-state index in [1.165, 1.54) is 12.1 Å². The third kappa shape index (κ3) is 4.36. The Balaban J connectivity index is 1.51. The van der Waals surface area contributed by atoms with Crippen LogP contribution in [0.2, 0.25) is 0 Å². The Morgan fingerprint density at radius 2 is 2.00 bits per heavy atom. The fourth-order valence-electron chi connectivity index (χ4n) is 3.93. The van der Waals surface area contributed by atoms with Crippen LogP contribution in [-0.2, 0) is 16.0 Å². The molecule has 1 aromatic rings. The molecule has 2 saturated heterocycles. The van der Waals surface area contributed by atoms with E-state index in [4.69, 9.17) is 4.74 Å². The van der Waals surface area contributed by atoms with E-state index in [0.717, 1.165) is 6.07 Å². The van der Waals surface area contributed by atoms with E-state index in [2.05, 4.69) is 0 Å². The Morgan fingerprint density at radius 1 is 1.28 bits per heavy atom. The molecule has 0 aromatic heterocycles. The summed E-state index contributed by atoms with van der Waals surface area (Å²) in [5, 5.41) is 10.3. The number of halogens is 2. The van der Waals surface area contributed by atoms with Gasteiger partial charge in [-0.2, -0.15) is 0 Å². The van der Waals surface area contributed by atoms with E-state index >= 15 is 0 Å². The van der Waals surface area contributed by atoms with Gasteiger partial charge in [-0.3, -0.25) is 4.79 Å². The van der Waals surface area contributed by atoms with Crippen molar-refractivity contribution in [3.05, 3.63) is 35.4 Å². The van der Waals surface area contributed by atoms with E-state index < -0.39 is 17.2 Å². The fraction of sp³-hybridized carbons (Fsp3) is 0.632. The first kappa shape index (κ1) is 18.3. The lowest BCUT2D eigenvalue weighted by Gasteiger charge is -2.48. The molecule has 2 aliphatic heterocycles. The van der Waals surface area contributed by atoms with Gasteiger partial charge in [0.2, 0.25) is 5.91 Å². The van der Waals surface area contributed by atoms with E-state index in [1.807, 2.05) is 6.92 Å². The number of piperidine rings is 1. The van der Waals surface area contributed by atoms with Gasteiger partial charge in [0.25, 0.3) is 0 Å². The minimum absolute atomic E-state index is 0.0267. The predicted molar refractivity (Wildman–Crippen MR) is 89.0 cm³/mol. The number of rotatable bonds is 3. The molecular formula is C19H25F2NO3. The van der Waals surface area contributed by atoms with Crippen LogP contribution in [0.25, 0.3) is 0 Å². The first-order valence-electron chi connectivity index (χ1n) is 8.87. The molecule has 1 unspecified atom stereocenters. The number of hydrogen-bond donors (Lipinski definition) is 1. The lowest BCUT2D eigenvalue weighted by molar-refractivity contribution is -0.175. The third-order valence-electron chi connectivity index (χ3n) is 5.40. The van der Waals surface area contributed by atoms with Crippen molar-refractivity contribution in [1.82, 2.24) is 4.90 Å². The molecule has 0 radical (unpaired) electrons. The Labute approximate surface area is 146 Å². The molecule has 25 heavy (non-hydrogen) atoms. The number of carbonyl (C=O) groups excluding carboxylic acids is 1. The number of amides is 1. The smallest absolute Gasteiger partial charge is 0.222 e. The van der Waals surface area contributed by atoms with Crippen LogP contribution >= 0.6 is 0 Å². The molecule has 0 bridgehead atoms. The van der Waals surface area contributed by atoms with Crippen molar-refractivity contribution < 1.29 is 23.4 Å². The van der Waals surface area contributed by atoms with Crippen LogP contribution in [0.5, 0.6) is 0 Å². The zero-order valence-electron chi connectivity index (χ0n) is 14.6. The quantitative estimate of drug-likeness (QED) is 0.909. The summed E-state index contributed by atoms with van der Waals surface area (Å²) in [4.78, 5) is 14.2. The Kier molecular flexibility index (Phi) is 5.11. The number of benzene rings is 1. The monoisotopic (exact) mass is 353 g/mol. The molecule has 0 saturated carbocycles. The molecule has 1 aromatic carbocycles. The van der Waals surface area contributed by atoms with Gasteiger partial charge >= 0.3 is 0 Å². The molecule has 1 spiro atoms. The molecule has 2 fully saturated rings. The highest BCUT2D eigenvalue weighted by atomic mass is 19.1. The lowest BCUT2D eigenvalue weighted by Crippen LogP contribution is -2.54. The van der Waals surface area contributed by atoms with Gasteiger partial charge in [-0.25, -0.2) is 8.78 Å². The highest BCUT2D eigenvalue weighted by Crippen LogP contribution is 2.39. The minimum atomic E-state index is -0.704. The SMILES string of the molecule is CC1(O)CCOC2(CCN(C(=O)CCc3ccc(F)cc3F)CC2)C1. The molecule has 6 heteroatoms. The number of likely N-dealkylation sites (tertiary alicyclic amines) is 1. The van der Waals surface area contributed by atoms with Crippen molar-refractivity contribution in [3.8, 4) is 0 Å². The van der Waals surface area contributed by atoms with Crippen molar-refractivity contribution in [3.63, 3.8) is 0 Å². The van der Waals surface area contributed by atoms with Crippen LogP contribution in [0.4, 0.5) is 8.78 Å². The van der Waals surface area contributed by atoms with Crippen molar-refractivity contribution in [2.75, 3.05) is 19.7 Å². The summed E-state index contributed by atoms with van der Waals surface area (Å²) >= 11 is 0.